The zero-order valence-corrected chi connectivity index (χ0v) is 10.6. The molecule has 0 saturated carbocycles. The summed E-state index contributed by atoms with van der Waals surface area (Å²) in [7, 11) is 1.35. The minimum absolute atomic E-state index is 0.367. The zero-order valence-electron chi connectivity index (χ0n) is 9.00. The summed E-state index contributed by atoms with van der Waals surface area (Å²) in [4.78, 5) is 11.3. The smallest absolute Gasteiger partial charge is 0.337 e. The van der Waals surface area contributed by atoms with Gasteiger partial charge >= 0.3 is 5.97 Å². The van der Waals surface area contributed by atoms with Crippen molar-refractivity contribution in [2.45, 2.75) is 6.42 Å². The summed E-state index contributed by atoms with van der Waals surface area (Å²) in [5, 5.41) is 3.73. The van der Waals surface area contributed by atoms with Crippen LogP contribution >= 0.6 is 24.2 Å². The van der Waals surface area contributed by atoms with Crippen LogP contribution < -0.4 is 5.32 Å². The van der Waals surface area contributed by atoms with E-state index >= 15 is 0 Å². The van der Waals surface area contributed by atoms with Gasteiger partial charge in [0.1, 0.15) is 0 Å². The lowest BCUT2D eigenvalue weighted by molar-refractivity contribution is 0.0601. The highest BCUT2D eigenvalue weighted by Gasteiger charge is 2.08. The maximum absolute atomic E-state index is 11.3. The molecule has 0 saturated heterocycles. The van der Waals surface area contributed by atoms with Gasteiger partial charge in [-0.25, -0.2) is 4.79 Å². The molecule has 0 atom stereocenters. The van der Waals surface area contributed by atoms with Crippen LogP contribution in [0.5, 0.6) is 0 Å². The Morgan fingerprint density at radius 2 is 2.31 bits per heavy atom. The van der Waals surface area contributed by atoms with Gasteiger partial charge in [0, 0.05) is 6.54 Å². The van der Waals surface area contributed by atoms with E-state index in [1.165, 1.54) is 7.11 Å². The number of hydrogen-bond donors (Lipinski definition) is 2. The molecule has 3 nitrogen and oxygen atoms in total. The van der Waals surface area contributed by atoms with E-state index in [0.29, 0.717) is 10.6 Å². The third-order valence-electron chi connectivity index (χ3n) is 2.04. The fourth-order valence-corrected chi connectivity index (χ4v) is 1.55. The van der Waals surface area contributed by atoms with Crippen molar-refractivity contribution in [1.29, 1.82) is 0 Å². The Bertz CT molecular complexity index is 371. The van der Waals surface area contributed by atoms with E-state index in [0.717, 1.165) is 24.4 Å². The number of hydrogen-bond acceptors (Lipinski definition) is 4. The highest BCUT2D eigenvalue weighted by molar-refractivity contribution is 7.80. The number of carbonyl (C=O) groups excluding carboxylic acids is 1. The van der Waals surface area contributed by atoms with Gasteiger partial charge in [-0.05, 0) is 30.4 Å². The third kappa shape index (κ3) is 3.61. The van der Waals surface area contributed by atoms with Crippen LogP contribution in [0.25, 0.3) is 0 Å². The Morgan fingerprint density at radius 1 is 1.56 bits per heavy atom. The lowest BCUT2D eigenvalue weighted by Gasteiger charge is -2.09. The first kappa shape index (κ1) is 13.2. The second-order valence-corrected chi connectivity index (χ2v) is 4.04. The topological polar surface area (TPSA) is 38.3 Å². The Labute approximate surface area is 106 Å². The van der Waals surface area contributed by atoms with Gasteiger partial charge in [0.15, 0.2) is 0 Å². The highest BCUT2D eigenvalue weighted by Crippen LogP contribution is 2.23. The van der Waals surface area contributed by atoms with Gasteiger partial charge in [0.05, 0.1) is 23.4 Å². The average molecular weight is 260 g/mol. The molecule has 1 aromatic rings. The SMILES string of the molecule is COC(=O)c1ccc(Cl)c(NCCCS)c1. The monoisotopic (exact) mass is 259 g/mol. The third-order valence-corrected chi connectivity index (χ3v) is 2.68. The lowest BCUT2D eigenvalue weighted by atomic mass is 10.2. The molecular formula is C11H14ClNO2S. The van der Waals surface area contributed by atoms with E-state index in [1.807, 2.05) is 0 Å². The molecule has 88 valence electrons. The van der Waals surface area contributed by atoms with E-state index in [2.05, 4.69) is 22.7 Å². The molecule has 0 heterocycles. The summed E-state index contributed by atoms with van der Waals surface area (Å²) in [6.07, 6.45) is 0.932. The number of benzene rings is 1. The summed E-state index contributed by atoms with van der Waals surface area (Å²) >= 11 is 10.1. The second kappa shape index (κ2) is 6.66. The standard InChI is InChI=1S/C11H14ClNO2S/c1-15-11(14)8-3-4-9(12)10(7-8)13-5-2-6-16/h3-4,7,13,16H,2,5-6H2,1H3. The fraction of sp³-hybridized carbons (Fsp3) is 0.364. The van der Waals surface area contributed by atoms with E-state index in [-0.39, 0.29) is 5.97 Å². The number of methoxy groups -OCH3 is 1. The van der Waals surface area contributed by atoms with E-state index < -0.39 is 0 Å². The molecule has 0 radical (unpaired) electrons. The Hall–Kier alpha value is -0.870. The van der Waals surface area contributed by atoms with Crippen molar-refractivity contribution >= 4 is 35.9 Å². The number of esters is 1. The van der Waals surface area contributed by atoms with Gasteiger partial charge in [-0.2, -0.15) is 12.6 Å². The van der Waals surface area contributed by atoms with E-state index in [4.69, 9.17) is 11.6 Å². The molecule has 1 N–H and O–H groups in total. The molecule has 0 aromatic heterocycles. The summed E-state index contributed by atoms with van der Waals surface area (Å²) in [6.45, 7) is 0.772. The van der Waals surface area contributed by atoms with Crippen molar-refractivity contribution in [3.8, 4) is 0 Å². The van der Waals surface area contributed by atoms with Crippen LogP contribution in [-0.4, -0.2) is 25.4 Å². The van der Waals surface area contributed by atoms with Crippen LogP contribution in [0.4, 0.5) is 5.69 Å². The quantitative estimate of drug-likeness (QED) is 0.485. The van der Waals surface area contributed by atoms with E-state index in [9.17, 15) is 4.79 Å². The fourth-order valence-electron chi connectivity index (χ4n) is 1.21. The predicted octanol–water partition coefficient (Wildman–Crippen LogP) is 2.86. The van der Waals surface area contributed by atoms with Crippen molar-refractivity contribution in [2.24, 2.45) is 0 Å². The van der Waals surface area contributed by atoms with Gasteiger partial charge in [0.2, 0.25) is 0 Å². The number of rotatable bonds is 5. The summed E-state index contributed by atoms with van der Waals surface area (Å²) < 4.78 is 4.63. The molecule has 1 rings (SSSR count). The van der Waals surface area contributed by atoms with Crippen molar-refractivity contribution < 1.29 is 9.53 Å². The second-order valence-electron chi connectivity index (χ2n) is 3.19. The van der Waals surface area contributed by atoms with Crippen molar-refractivity contribution in [2.75, 3.05) is 24.7 Å². The summed E-state index contributed by atoms with van der Waals surface area (Å²) in [5.41, 5.74) is 1.23. The average Bonchev–Trinajstić information content (AvgIpc) is 2.31. The Morgan fingerprint density at radius 3 is 2.94 bits per heavy atom. The molecule has 0 spiro atoms. The van der Waals surface area contributed by atoms with Crippen LogP contribution in [-0.2, 0) is 4.74 Å². The molecule has 0 amide bonds. The van der Waals surface area contributed by atoms with Gasteiger partial charge in [0.25, 0.3) is 0 Å². The van der Waals surface area contributed by atoms with Crippen LogP contribution in [0.1, 0.15) is 16.8 Å². The van der Waals surface area contributed by atoms with Crippen LogP contribution in [0.2, 0.25) is 5.02 Å². The predicted molar refractivity (Wildman–Crippen MR) is 69.8 cm³/mol. The molecule has 0 fully saturated rings. The van der Waals surface area contributed by atoms with Crippen molar-refractivity contribution in [1.82, 2.24) is 0 Å². The molecule has 1 aromatic carbocycles. The number of anilines is 1. The molecule has 0 unspecified atom stereocenters. The molecule has 0 aliphatic heterocycles. The first-order valence-electron chi connectivity index (χ1n) is 4.91. The van der Waals surface area contributed by atoms with Crippen molar-refractivity contribution in [3.05, 3.63) is 28.8 Å². The largest absolute Gasteiger partial charge is 0.465 e. The van der Waals surface area contributed by atoms with Crippen LogP contribution in [0, 0.1) is 0 Å². The highest BCUT2D eigenvalue weighted by atomic mass is 35.5. The number of ether oxygens (including phenoxy) is 1. The molecule has 5 heteroatoms. The summed E-state index contributed by atoms with van der Waals surface area (Å²) in [6, 6.07) is 5.00. The van der Waals surface area contributed by atoms with Crippen LogP contribution in [0.15, 0.2) is 18.2 Å². The first-order chi connectivity index (χ1) is 7.69. The van der Waals surface area contributed by atoms with Crippen molar-refractivity contribution in [3.63, 3.8) is 0 Å². The molecular weight excluding hydrogens is 246 g/mol. The zero-order chi connectivity index (χ0) is 12.0. The summed E-state index contributed by atoms with van der Waals surface area (Å²) in [5.74, 6) is 0.440. The van der Waals surface area contributed by atoms with Gasteiger partial charge in [-0.15, -0.1) is 0 Å². The molecule has 0 aliphatic rings. The maximum Gasteiger partial charge on any atom is 0.337 e. The Balaban J connectivity index is 2.78. The lowest BCUT2D eigenvalue weighted by Crippen LogP contribution is -2.05. The van der Waals surface area contributed by atoms with Crippen LogP contribution in [0.3, 0.4) is 0 Å². The number of carbonyl (C=O) groups is 1. The van der Waals surface area contributed by atoms with Gasteiger partial charge in [-0.1, -0.05) is 11.6 Å². The normalized spacial score (nSPS) is 9.94. The minimum Gasteiger partial charge on any atom is -0.465 e. The molecule has 0 aliphatic carbocycles. The minimum atomic E-state index is -0.367. The van der Waals surface area contributed by atoms with E-state index in [1.54, 1.807) is 18.2 Å². The number of thiol groups is 1. The van der Waals surface area contributed by atoms with Gasteiger partial charge < -0.3 is 10.1 Å². The maximum atomic E-state index is 11.3. The number of nitrogens with one attached hydrogen (secondary N) is 1. The number of halogens is 1. The molecule has 16 heavy (non-hydrogen) atoms. The molecule has 0 bridgehead atoms. The Kier molecular flexibility index (Phi) is 5.49. The van der Waals surface area contributed by atoms with Gasteiger partial charge in [-0.3, -0.25) is 0 Å². The first-order valence-corrected chi connectivity index (χ1v) is 5.92.